The molecule has 224 valence electrons. The molecule has 2 aromatic carbocycles. The summed E-state index contributed by atoms with van der Waals surface area (Å²) in [5.74, 6) is 1.91. The molecule has 1 atom stereocenters. The Morgan fingerprint density at radius 1 is 1.02 bits per heavy atom. The van der Waals surface area contributed by atoms with Gasteiger partial charge in [0.15, 0.2) is 0 Å². The molecule has 2 aromatic heterocycles. The second kappa shape index (κ2) is 12.6. The van der Waals surface area contributed by atoms with Crippen LogP contribution in [-0.4, -0.2) is 70.0 Å². The first kappa shape index (κ1) is 29.6. The molecule has 0 aliphatic carbocycles. The quantitative estimate of drug-likeness (QED) is 0.252. The molecule has 3 heterocycles. The number of alkyl carbamates (subject to hydrolysis) is 1. The number of hydrogen-bond acceptors (Lipinski definition) is 7. The van der Waals surface area contributed by atoms with Gasteiger partial charge < -0.3 is 29.6 Å². The summed E-state index contributed by atoms with van der Waals surface area (Å²) >= 11 is 0. The highest BCUT2D eigenvalue weighted by molar-refractivity contribution is 5.81. The molecule has 0 saturated carbocycles. The smallest absolute Gasteiger partial charge is 0.407 e. The van der Waals surface area contributed by atoms with Crippen LogP contribution in [0.1, 0.15) is 53.2 Å². The van der Waals surface area contributed by atoms with Crippen LogP contribution >= 0.6 is 0 Å². The topological polar surface area (TPSA) is 93.5 Å². The fraction of sp³-hybridized carbons (Fsp3) is 0.485. The zero-order valence-corrected chi connectivity index (χ0v) is 25.7. The number of carbonyl (C=O) groups excluding carboxylic acids is 1. The molecule has 9 nitrogen and oxygen atoms in total. The first-order valence-electron chi connectivity index (χ1n) is 15.0. The lowest BCUT2D eigenvalue weighted by Gasteiger charge is -2.36. The molecule has 5 rings (SSSR count). The van der Waals surface area contributed by atoms with Crippen molar-refractivity contribution in [2.24, 2.45) is 5.92 Å². The maximum absolute atomic E-state index is 12.4. The Balaban J connectivity index is 1.28. The van der Waals surface area contributed by atoms with E-state index in [1.54, 1.807) is 7.11 Å². The van der Waals surface area contributed by atoms with Crippen LogP contribution in [0, 0.1) is 5.92 Å². The highest BCUT2D eigenvalue weighted by atomic mass is 16.6. The van der Waals surface area contributed by atoms with Crippen molar-refractivity contribution >= 4 is 34.0 Å². The normalized spacial score (nSPS) is 15.7. The Kier molecular flexibility index (Phi) is 8.87. The number of methoxy groups -OCH3 is 1. The predicted octanol–water partition coefficient (Wildman–Crippen LogP) is 6.07. The number of nitrogens with one attached hydrogen (secondary N) is 2. The molecule has 1 aliphatic rings. The monoisotopic (exact) mass is 572 g/mol. The summed E-state index contributed by atoms with van der Waals surface area (Å²) in [5.41, 5.74) is 3.31. The highest BCUT2D eigenvalue weighted by Crippen LogP contribution is 2.28. The first-order valence-corrected chi connectivity index (χ1v) is 15.0. The molecule has 0 radical (unpaired) electrons. The van der Waals surface area contributed by atoms with Crippen molar-refractivity contribution < 1.29 is 14.3 Å². The molecule has 1 saturated heterocycles. The van der Waals surface area contributed by atoms with E-state index in [0.29, 0.717) is 18.5 Å². The third-order valence-electron chi connectivity index (χ3n) is 7.83. The number of rotatable bonds is 9. The number of pyridine rings is 1. The minimum atomic E-state index is -0.512. The first-order chi connectivity index (χ1) is 20.1. The van der Waals surface area contributed by atoms with E-state index in [0.717, 1.165) is 71.8 Å². The van der Waals surface area contributed by atoms with Gasteiger partial charge in [0.25, 0.3) is 0 Å². The van der Waals surface area contributed by atoms with Crippen LogP contribution in [0.25, 0.3) is 21.9 Å². The minimum Gasteiger partial charge on any atom is -0.495 e. The van der Waals surface area contributed by atoms with Crippen LogP contribution in [0.5, 0.6) is 5.75 Å². The molecular weight excluding hydrogens is 528 g/mol. The number of piperidine rings is 1. The number of amides is 1. The van der Waals surface area contributed by atoms with Gasteiger partial charge in [0.1, 0.15) is 17.0 Å². The number of likely N-dealkylation sites (tertiary alicyclic amines) is 1. The van der Waals surface area contributed by atoms with Crippen LogP contribution < -0.4 is 15.4 Å². The van der Waals surface area contributed by atoms with Crippen LogP contribution in [0.15, 0.2) is 54.6 Å². The number of hydrogen-bond donors (Lipinski definition) is 2. The second-order valence-corrected chi connectivity index (χ2v) is 12.6. The van der Waals surface area contributed by atoms with Crippen molar-refractivity contribution in [2.75, 3.05) is 32.1 Å². The highest BCUT2D eigenvalue weighted by Gasteiger charge is 2.27. The van der Waals surface area contributed by atoms with E-state index in [-0.39, 0.29) is 12.1 Å². The number of aromatic nitrogens is 3. The summed E-state index contributed by atoms with van der Waals surface area (Å²) in [7, 11) is 1.70. The largest absolute Gasteiger partial charge is 0.495 e. The van der Waals surface area contributed by atoms with Crippen molar-refractivity contribution in [3.8, 4) is 5.75 Å². The third-order valence-corrected chi connectivity index (χ3v) is 7.83. The van der Waals surface area contributed by atoms with Crippen LogP contribution in [0.2, 0.25) is 0 Å². The SMILES string of the molecule is COc1cc2ccccc2nc1Cn1c(NC2CCN(CC(NC(=O)OC(C)(C)C)C(C)C)CC2)nc2ccccc21. The maximum Gasteiger partial charge on any atom is 0.407 e. The molecule has 1 fully saturated rings. The lowest BCUT2D eigenvalue weighted by atomic mass is 10.0. The summed E-state index contributed by atoms with van der Waals surface area (Å²) < 4.78 is 13.5. The second-order valence-electron chi connectivity index (χ2n) is 12.6. The fourth-order valence-corrected chi connectivity index (χ4v) is 5.52. The molecule has 9 heteroatoms. The number of fused-ring (bicyclic) bond motifs is 2. The Morgan fingerprint density at radius 2 is 1.71 bits per heavy atom. The van der Waals surface area contributed by atoms with Crippen molar-refractivity contribution in [3.63, 3.8) is 0 Å². The van der Waals surface area contributed by atoms with Gasteiger partial charge >= 0.3 is 6.09 Å². The van der Waals surface area contributed by atoms with E-state index in [4.69, 9.17) is 19.4 Å². The number of carbonyl (C=O) groups is 1. The van der Waals surface area contributed by atoms with Gasteiger partial charge in [-0.1, -0.05) is 44.2 Å². The number of imidazole rings is 1. The summed E-state index contributed by atoms with van der Waals surface area (Å²) in [5, 5.41) is 7.90. The van der Waals surface area contributed by atoms with E-state index in [9.17, 15) is 4.79 Å². The van der Waals surface area contributed by atoms with Crippen molar-refractivity contribution in [3.05, 3.63) is 60.3 Å². The molecule has 1 unspecified atom stereocenters. The van der Waals surface area contributed by atoms with E-state index in [2.05, 4.69) is 52.1 Å². The zero-order valence-electron chi connectivity index (χ0n) is 25.7. The molecule has 42 heavy (non-hydrogen) atoms. The number of anilines is 1. The third kappa shape index (κ3) is 7.13. The van der Waals surface area contributed by atoms with Crippen molar-refractivity contribution in [2.45, 2.75) is 71.7 Å². The van der Waals surface area contributed by atoms with Gasteiger partial charge in [-0.2, -0.15) is 0 Å². The van der Waals surface area contributed by atoms with Crippen LogP contribution in [0.4, 0.5) is 10.7 Å². The number of para-hydroxylation sites is 3. The summed E-state index contributed by atoms with van der Waals surface area (Å²) in [6, 6.07) is 18.7. The van der Waals surface area contributed by atoms with Gasteiger partial charge in [0.2, 0.25) is 5.95 Å². The van der Waals surface area contributed by atoms with E-state index < -0.39 is 5.60 Å². The maximum atomic E-state index is 12.4. The Labute approximate surface area is 248 Å². The molecule has 2 N–H and O–H groups in total. The van der Waals surface area contributed by atoms with Gasteiger partial charge in [0, 0.05) is 37.1 Å². The summed E-state index contributed by atoms with van der Waals surface area (Å²) in [4.78, 5) is 24.8. The molecule has 4 aromatic rings. The van der Waals surface area contributed by atoms with Gasteiger partial charge in [-0.05, 0) is 63.8 Å². The Bertz CT molecular complexity index is 1520. The standard InChI is InChI=1S/C33H44N6O3/c1-22(2)27(37-32(40)42-33(3,4)5)20-38-17-15-24(16-18-38)34-31-36-26-13-9-10-14-29(26)39(31)21-28-30(41-6)19-23-11-7-8-12-25(23)35-28/h7-14,19,22,24,27H,15-18,20-21H2,1-6H3,(H,34,36)(H,37,40). The average molecular weight is 573 g/mol. The van der Waals surface area contributed by atoms with E-state index in [1.165, 1.54) is 0 Å². The fourth-order valence-electron chi connectivity index (χ4n) is 5.52. The molecule has 0 spiro atoms. The Morgan fingerprint density at radius 3 is 2.40 bits per heavy atom. The Hall–Kier alpha value is -3.85. The summed E-state index contributed by atoms with van der Waals surface area (Å²) in [6.45, 7) is 13.2. The lowest BCUT2D eigenvalue weighted by Crippen LogP contribution is -2.50. The molecule has 1 aliphatic heterocycles. The number of benzene rings is 2. The van der Waals surface area contributed by atoms with Gasteiger partial charge in [-0.25, -0.2) is 14.8 Å². The summed E-state index contributed by atoms with van der Waals surface area (Å²) in [6.07, 6.45) is 1.62. The van der Waals surface area contributed by atoms with Crippen LogP contribution in [0.3, 0.4) is 0 Å². The lowest BCUT2D eigenvalue weighted by molar-refractivity contribution is 0.0468. The number of ether oxygens (including phenoxy) is 2. The molecule has 0 bridgehead atoms. The van der Waals surface area contributed by atoms with E-state index in [1.807, 2.05) is 57.2 Å². The minimum absolute atomic E-state index is 0.0259. The molecular formula is C33H44N6O3. The number of nitrogens with zero attached hydrogens (tertiary/aromatic N) is 4. The van der Waals surface area contributed by atoms with Gasteiger partial charge in [-0.3, -0.25) is 0 Å². The van der Waals surface area contributed by atoms with Crippen LogP contribution in [-0.2, 0) is 11.3 Å². The zero-order chi connectivity index (χ0) is 29.9. The molecule has 1 amide bonds. The van der Waals surface area contributed by atoms with Gasteiger partial charge in [-0.15, -0.1) is 0 Å². The van der Waals surface area contributed by atoms with Crippen molar-refractivity contribution in [1.82, 2.24) is 24.8 Å². The van der Waals surface area contributed by atoms with Crippen molar-refractivity contribution in [1.29, 1.82) is 0 Å². The van der Waals surface area contributed by atoms with E-state index >= 15 is 0 Å². The average Bonchev–Trinajstić information content (AvgIpc) is 3.28. The predicted molar refractivity (Wildman–Crippen MR) is 168 cm³/mol. The van der Waals surface area contributed by atoms with Gasteiger partial charge in [0.05, 0.1) is 30.2 Å².